The minimum absolute atomic E-state index is 0.0660. The largest absolute Gasteiger partial charge is 0.394 e. The SMILES string of the molecule is [2H]OCCO. The minimum Gasteiger partial charge on any atom is -0.394 e. The van der Waals surface area contributed by atoms with E-state index < -0.39 is 0 Å². The van der Waals surface area contributed by atoms with E-state index >= 15 is 0 Å². The normalized spacial score (nSPS) is 10.8. The summed E-state index contributed by atoms with van der Waals surface area (Å²) in [7, 11) is 0. The van der Waals surface area contributed by atoms with Gasteiger partial charge in [-0.2, -0.15) is 0 Å². The summed E-state index contributed by atoms with van der Waals surface area (Å²) in [5, 5.41) is 11.5. The molecule has 0 saturated heterocycles. The standard InChI is InChI=1S/C2H6O2/c3-1-2-4/h3-4H,1-2H2/i3D. The maximum Gasteiger partial charge on any atom is 0.210 e. The zero-order valence-electron chi connectivity index (χ0n) is 3.27. The Morgan fingerprint density at radius 3 is 2.50 bits per heavy atom. The Morgan fingerprint density at radius 1 is 1.75 bits per heavy atom. The Morgan fingerprint density at radius 2 is 2.50 bits per heavy atom. The summed E-state index contributed by atoms with van der Waals surface area (Å²) >= 11 is 0. The van der Waals surface area contributed by atoms with Crippen LogP contribution in [-0.4, -0.2) is 24.9 Å². The third-order valence-corrected chi connectivity index (χ3v) is 0.0913. The van der Waals surface area contributed by atoms with Crippen LogP contribution in [0.5, 0.6) is 0 Å². The van der Waals surface area contributed by atoms with Crippen molar-refractivity contribution in [1.82, 2.24) is 0 Å². The predicted molar refractivity (Wildman–Crippen MR) is 14.2 cm³/mol. The molecule has 0 atom stereocenters. The molecule has 0 aromatic heterocycles. The Kier molecular flexibility index (Phi) is 1.59. The van der Waals surface area contributed by atoms with E-state index in [-0.39, 0.29) is 13.2 Å². The zero-order valence-corrected chi connectivity index (χ0v) is 2.27. The lowest BCUT2D eigenvalue weighted by atomic mass is 10.8. The number of hydrogen-bond donors (Lipinski definition) is 2. The molecule has 0 aliphatic carbocycles. The van der Waals surface area contributed by atoms with Gasteiger partial charge in [0.05, 0.1) is 13.2 Å². The summed E-state index contributed by atoms with van der Waals surface area (Å²) in [5.74, 6) is 0. The second kappa shape index (κ2) is 2.92. The molecule has 0 heterocycles. The quantitative estimate of drug-likeness (QED) is 0.430. The molecule has 0 fully saturated rings. The van der Waals surface area contributed by atoms with Crippen molar-refractivity contribution in [3.63, 3.8) is 0 Å². The van der Waals surface area contributed by atoms with Gasteiger partial charge in [0.2, 0.25) is 1.43 Å². The van der Waals surface area contributed by atoms with Crippen molar-refractivity contribution < 1.29 is 10.2 Å². The first-order valence-corrected chi connectivity index (χ1v) is 1.10. The molecule has 0 aliphatic heterocycles. The van der Waals surface area contributed by atoms with Crippen molar-refractivity contribution in [3.05, 3.63) is 0 Å². The number of rotatable bonds is 2. The smallest absolute Gasteiger partial charge is 0.210 e. The van der Waals surface area contributed by atoms with Crippen LogP contribution in [-0.2, 0) is 0 Å². The van der Waals surface area contributed by atoms with Gasteiger partial charge in [-0.25, -0.2) is 0 Å². The van der Waals surface area contributed by atoms with E-state index in [0.717, 1.165) is 0 Å². The monoisotopic (exact) mass is 63.0 g/mol. The van der Waals surface area contributed by atoms with E-state index in [0.29, 0.717) is 0 Å². The molecule has 0 rings (SSSR count). The maximum absolute atomic E-state index is 7.82. The van der Waals surface area contributed by atoms with Crippen LogP contribution in [0.15, 0.2) is 0 Å². The molecule has 4 heavy (non-hydrogen) atoms. The van der Waals surface area contributed by atoms with Gasteiger partial charge < -0.3 is 10.2 Å². The fourth-order valence-corrected chi connectivity index (χ4v) is 0. The fourth-order valence-electron chi connectivity index (χ4n) is 0. The minimum atomic E-state index is -0.0660. The molecule has 2 N–H and O–H groups in total. The highest BCUT2D eigenvalue weighted by atomic mass is 16.3. The van der Waals surface area contributed by atoms with E-state index in [1.165, 1.54) is 0 Å². The summed E-state index contributed by atoms with van der Waals surface area (Å²) < 4.78 is 5.94. The summed E-state index contributed by atoms with van der Waals surface area (Å²) in [6.45, 7) is 0.0451. The first kappa shape index (κ1) is 2.18. The van der Waals surface area contributed by atoms with Gasteiger partial charge in [0.15, 0.2) is 0 Å². The number of aliphatic hydroxyl groups is 2. The van der Waals surface area contributed by atoms with Gasteiger partial charge in [-0.3, -0.25) is 0 Å². The molecule has 0 bridgehead atoms. The highest BCUT2D eigenvalue weighted by molar-refractivity contribution is 4.06. The van der Waals surface area contributed by atoms with Crippen LogP contribution in [0.25, 0.3) is 0 Å². The van der Waals surface area contributed by atoms with E-state index in [9.17, 15) is 0 Å². The zero-order chi connectivity index (χ0) is 4.12. The lowest BCUT2D eigenvalue weighted by Crippen LogP contribution is -1.85. The van der Waals surface area contributed by atoms with Crippen molar-refractivity contribution in [1.29, 1.82) is 1.43 Å². The van der Waals surface area contributed by atoms with Crippen LogP contribution in [0.4, 0.5) is 0 Å². The lowest BCUT2D eigenvalue weighted by Gasteiger charge is -1.70. The summed E-state index contributed by atoms with van der Waals surface area (Å²) in [5.41, 5.74) is 0. The average Bonchev–Trinajstić information content (AvgIpc) is 1.41. The molecule has 0 radical (unpaired) electrons. The maximum atomic E-state index is 7.82. The first-order chi connectivity index (χ1) is 2.41. The molecular weight excluding hydrogens is 56.0 g/mol. The van der Waals surface area contributed by atoms with E-state index in [1.807, 2.05) is 0 Å². The van der Waals surface area contributed by atoms with Gasteiger partial charge in [-0.15, -0.1) is 0 Å². The average molecular weight is 63.1 g/mol. The van der Waals surface area contributed by atoms with Crippen LogP contribution < -0.4 is 0 Å². The molecule has 0 saturated carbocycles. The summed E-state index contributed by atoms with van der Waals surface area (Å²) in [6, 6.07) is 0. The van der Waals surface area contributed by atoms with Crippen LogP contribution in [0.2, 0.25) is 0 Å². The van der Waals surface area contributed by atoms with Gasteiger partial charge in [0, 0.05) is 0 Å². The molecule has 0 aromatic rings. The van der Waals surface area contributed by atoms with Crippen molar-refractivity contribution in [2.45, 2.75) is 0 Å². The topological polar surface area (TPSA) is 40.5 Å². The Balaban J connectivity index is 2.19. The molecule has 0 aromatic carbocycles. The van der Waals surface area contributed by atoms with Gasteiger partial charge in [-0.1, -0.05) is 0 Å². The molecule has 0 amide bonds. The van der Waals surface area contributed by atoms with Gasteiger partial charge >= 0.3 is 0 Å². The Hall–Kier alpha value is -0.0800. The molecule has 0 unspecified atom stereocenters. The van der Waals surface area contributed by atoms with Crippen LogP contribution in [0.3, 0.4) is 0 Å². The molecule has 0 aliphatic rings. The second-order valence-corrected chi connectivity index (χ2v) is 0.428. The molecular formula is C2H6O2. The predicted octanol–water partition coefficient (Wildman–Crippen LogP) is -1.03. The second-order valence-electron chi connectivity index (χ2n) is 0.428. The van der Waals surface area contributed by atoms with Crippen molar-refractivity contribution in [3.8, 4) is 0 Å². The molecule has 2 heteroatoms. The van der Waals surface area contributed by atoms with Crippen molar-refractivity contribution >= 4 is 0 Å². The van der Waals surface area contributed by atoms with Gasteiger partial charge in [-0.05, 0) is 0 Å². The van der Waals surface area contributed by atoms with Gasteiger partial charge in [0.25, 0.3) is 0 Å². The van der Waals surface area contributed by atoms with Crippen LogP contribution in [0, 0.1) is 0 Å². The molecule has 26 valence electrons. The first-order valence-electron chi connectivity index (χ1n) is 1.51. The van der Waals surface area contributed by atoms with Crippen LogP contribution >= 0.6 is 0 Å². The molecule has 0 spiro atoms. The third-order valence-electron chi connectivity index (χ3n) is 0.0913. The highest BCUT2D eigenvalue weighted by Gasteiger charge is 1.58. The van der Waals surface area contributed by atoms with E-state index in [2.05, 4.69) is 5.11 Å². The van der Waals surface area contributed by atoms with Crippen molar-refractivity contribution in [2.75, 3.05) is 13.2 Å². The molecule has 2 nitrogen and oxygen atoms in total. The third kappa shape index (κ3) is 1.92. The van der Waals surface area contributed by atoms with E-state index in [4.69, 9.17) is 6.54 Å². The Bertz CT molecular complexity index is 15.1. The lowest BCUT2D eigenvalue weighted by molar-refractivity contribution is 0.186. The summed E-state index contributed by atoms with van der Waals surface area (Å²) in [6.07, 6.45) is 0. The van der Waals surface area contributed by atoms with Crippen molar-refractivity contribution in [2.24, 2.45) is 0 Å². The highest BCUT2D eigenvalue weighted by Crippen LogP contribution is 1.39. The summed E-state index contributed by atoms with van der Waals surface area (Å²) in [4.78, 5) is 0. The van der Waals surface area contributed by atoms with Gasteiger partial charge in [0.1, 0.15) is 0 Å². The number of aliphatic hydroxyl groups excluding tert-OH is 2. The van der Waals surface area contributed by atoms with E-state index in [1.54, 1.807) is 0 Å². The number of hydrogen-bond acceptors (Lipinski definition) is 2. The fraction of sp³-hybridized carbons (Fsp3) is 1.00. The Labute approximate surface area is 26.2 Å². The van der Waals surface area contributed by atoms with Crippen LogP contribution in [0.1, 0.15) is 0 Å².